The first-order valence-electron chi connectivity index (χ1n) is 14.9. The number of hydrogen-bond acceptors (Lipinski definition) is 5. The SMILES string of the molecule is c1ccc(-c2nc(-c3ccccc3)nc(-c3cc(-c4ccc5ccc6cccnc6c5c4)cc4c3sc3ccccc34)n2)cc1. The second kappa shape index (κ2) is 10.4. The molecular formula is C40H24N4S. The third-order valence-electron chi connectivity index (χ3n) is 8.34. The van der Waals surface area contributed by atoms with Gasteiger partial charge in [0.2, 0.25) is 0 Å². The monoisotopic (exact) mass is 592 g/mol. The van der Waals surface area contributed by atoms with E-state index in [1.165, 1.54) is 20.9 Å². The van der Waals surface area contributed by atoms with Crippen LogP contribution in [0.3, 0.4) is 0 Å². The zero-order chi connectivity index (χ0) is 29.7. The van der Waals surface area contributed by atoms with Gasteiger partial charge in [0.25, 0.3) is 0 Å². The van der Waals surface area contributed by atoms with Gasteiger partial charge in [0.1, 0.15) is 0 Å². The third kappa shape index (κ3) is 4.44. The summed E-state index contributed by atoms with van der Waals surface area (Å²) in [5, 5.41) is 5.87. The molecule has 5 heteroatoms. The summed E-state index contributed by atoms with van der Waals surface area (Å²) in [5.41, 5.74) is 6.15. The molecule has 9 rings (SSSR count). The molecule has 0 spiro atoms. The minimum atomic E-state index is 0.655. The molecule has 210 valence electrons. The highest BCUT2D eigenvalue weighted by molar-refractivity contribution is 7.26. The number of hydrogen-bond donors (Lipinski definition) is 0. The molecule has 0 aliphatic heterocycles. The molecule has 9 aromatic rings. The van der Waals surface area contributed by atoms with Crippen LogP contribution in [0.5, 0.6) is 0 Å². The number of fused-ring (bicyclic) bond motifs is 6. The summed E-state index contributed by atoms with van der Waals surface area (Å²) in [6.45, 7) is 0. The van der Waals surface area contributed by atoms with E-state index in [-0.39, 0.29) is 0 Å². The Balaban J connectivity index is 1.34. The Morgan fingerprint density at radius 3 is 1.84 bits per heavy atom. The minimum Gasteiger partial charge on any atom is -0.256 e. The molecule has 0 N–H and O–H groups in total. The molecule has 3 heterocycles. The highest BCUT2D eigenvalue weighted by atomic mass is 32.1. The van der Waals surface area contributed by atoms with E-state index in [0.29, 0.717) is 17.5 Å². The van der Waals surface area contributed by atoms with Crippen molar-refractivity contribution in [2.45, 2.75) is 0 Å². The molecule has 0 fully saturated rings. The van der Waals surface area contributed by atoms with Gasteiger partial charge in [0, 0.05) is 53.8 Å². The van der Waals surface area contributed by atoms with E-state index in [9.17, 15) is 0 Å². The van der Waals surface area contributed by atoms with Gasteiger partial charge in [-0.05, 0) is 46.8 Å². The molecule has 0 bridgehead atoms. The fourth-order valence-electron chi connectivity index (χ4n) is 6.13. The van der Waals surface area contributed by atoms with Gasteiger partial charge in [-0.2, -0.15) is 0 Å². The van der Waals surface area contributed by atoms with E-state index in [1.807, 2.05) is 72.9 Å². The molecular weight excluding hydrogens is 569 g/mol. The lowest BCUT2D eigenvalue weighted by atomic mass is 9.96. The first-order valence-corrected chi connectivity index (χ1v) is 15.7. The molecule has 0 aliphatic carbocycles. The van der Waals surface area contributed by atoms with Crippen molar-refractivity contribution in [3.63, 3.8) is 0 Å². The van der Waals surface area contributed by atoms with E-state index >= 15 is 0 Å². The second-order valence-corrected chi connectivity index (χ2v) is 12.2. The molecule has 0 saturated carbocycles. The lowest BCUT2D eigenvalue weighted by molar-refractivity contribution is 1.08. The van der Waals surface area contributed by atoms with E-state index in [1.54, 1.807) is 11.3 Å². The van der Waals surface area contributed by atoms with Gasteiger partial charge >= 0.3 is 0 Å². The molecule has 0 aliphatic rings. The van der Waals surface area contributed by atoms with Crippen LogP contribution < -0.4 is 0 Å². The maximum Gasteiger partial charge on any atom is 0.165 e. The first kappa shape index (κ1) is 25.7. The van der Waals surface area contributed by atoms with Crippen molar-refractivity contribution < 1.29 is 0 Å². The van der Waals surface area contributed by atoms with Crippen LogP contribution in [-0.2, 0) is 0 Å². The molecule has 45 heavy (non-hydrogen) atoms. The average Bonchev–Trinajstić information content (AvgIpc) is 3.50. The Morgan fingerprint density at radius 1 is 0.422 bits per heavy atom. The Kier molecular flexibility index (Phi) is 5.96. The largest absolute Gasteiger partial charge is 0.256 e. The van der Waals surface area contributed by atoms with Gasteiger partial charge in [-0.1, -0.05) is 109 Å². The number of thiophene rings is 1. The fourth-order valence-corrected chi connectivity index (χ4v) is 7.33. The predicted octanol–water partition coefficient (Wildman–Crippen LogP) is 10.6. The van der Waals surface area contributed by atoms with Crippen LogP contribution in [0.4, 0.5) is 0 Å². The van der Waals surface area contributed by atoms with Crippen molar-refractivity contribution in [3.05, 3.63) is 146 Å². The van der Waals surface area contributed by atoms with E-state index < -0.39 is 0 Å². The molecule has 0 amide bonds. The zero-order valence-corrected chi connectivity index (χ0v) is 24.9. The smallest absolute Gasteiger partial charge is 0.165 e. The summed E-state index contributed by atoms with van der Waals surface area (Å²) in [5.74, 6) is 1.97. The molecule has 0 unspecified atom stereocenters. The Morgan fingerprint density at radius 2 is 1.07 bits per heavy atom. The molecule has 3 aromatic heterocycles. The summed E-state index contributed by atoms with van der Waals surface area (Å²) in [7, 11) is 0. The van der Waals surface area contributed by atoms with Crippen LogP contribution in [0.25, 0.3) is 87.1 Å². The van der Waals surface area contributed by atoms with Crippen molar-refractivity contribution in [3.8, 4) is 45.3 Å². The Hall–Kier alpha value is -5.78. The van der Waals surface area contributed by atoms with E-state index in [4.69, 9.17) is 19.9 Å². The van der Waals surface area contributed by atoms with Gasteiger partial charge in [0.05, 0.1) is 5.52 Å². The minimum absolute atomic E-state index is 0.655. The number of pyridine rings is 1. The number of benzene rings is 6. The van der Waals surface area contributed by atoms with Gasteiger partial charge < -0.3 is 0 Å². The average molecular weight is 593 g/mol. The van der Waals surface area contributed by atoms with Crippen molar-refractivity contribution in [1.82, 2.24) is 19.9 Å². The molecule has 6 aromatic carbocycles. The van der Waals surface area contributed by atoms with Crippen LogP contribution >= 0.6 is 11.3 Å². The fraction of sp³-hybridized carbons (Fsp3) is 0. The highest BCUT2D eigenvalue weighted by Gasteiger charge is 2.18. The summed E-state index contributed by atoms with van der Waals surface area (Å²) in [4.78, 5) is 19.9. The number of rotatable bonds is 4. The third-order valence-corrected chi connectivity index (χ3v) is 9.56. The quantitative estimate of drug-likeness (QED) is 0.191. The van der Waals surface area contributed by atoms with Crippen molar-refractivity contribution in [2.75, 3.05) is 0 Å². The molecule has 4 nitrogen and oxygen atoms in total. The summed E-state index contributed by atoms with van der Waals surface area (Å²) in [6, 6.07) is 48.5. The lowest BCUT2D eigenvalue weighted by Gasteiger charge is -2.12. The summed E-state index contributed by atoms with van der Waals surface area (Å²) >= 11 is 1.78. The Bertz CT molecular complexity index is 2480. The zero-order valence-electron chi connectivity index (χ0n) is 24.1. The maximum absolute atomic E-state index is 5.12. The van der Waals surface area contributed by atoms with Crippen molar-refractivity contribution in [1.29, 1.82) is 0 Å². The van der Waals surface area contributed by atoms with Crippen LogP contribution in [0.2, 0.25) is 0 Å². The Labute approximate surface area is 263 Å². The van der Waals surface area contributed by atoms with Crippen LogP contribution in [0, 0.1) is 0 Å². The van der Waals surface area contributed by atoms with E-state index in [2.05, 4.69) is 72.8 Å². The highest BCUT2D eigenvalue weighted by Crippen LogP contribution is 2.43. The van der Waals surface area contributed by atoms with Crippen LogP contribution in [0.15, 0.2) is 146 Å². The topological polar surface area (TPSA) is 51.6 Å². The predicted molar refractivity (Wildman–Crippen MR) is 187 cm³/mol. The van der Waals surface area contributed by atoms with Gasteiger partial charge in [-0.15, -0.1) is 11.3 Å². The van der Waals surface area contributed by atoms with Crippen molar-refractivity contribution >= 4 is 53.2 Å². The molecule has 0 saturated heterocycles. The molecule has 0 radical (unpaired) electrons. The summed E-state index contributed by atoms with van der Waals surface area (Å²) in [6.07, 6.45) is 1.87. The molecule has 0 atom stereocenters. The summed E-state index contributed by atoms with van der Waals surface area (Å²) < 4.78 is 2.40. The maximum atomic E-state index is 5.12. The van der Waals surface area contributed by atoms with Crippen LogP contribution in [-0.4, -0.2) is 19.9 Å². The van der Waals surface area contributed by atoms with E-state index in [0.717, 1.165) is 48.8 Å². The number of nitrogens with zero attached hydrogens (tertiary/aromatic N) is 4. The number of aromatic nitrogens is 4. The van der Waals surface area contributed by atoms with Gasteiger partial charge in [-0.3, -0.25) is 4.98 Å². The van der Waals surface area contributed by atoms with Gasteiger partial charge in [0.15, 0.2) is 17.5 Å². The second-order valence-electron chi connectivity index (χ2n) is 11.1. The van der Waals surface area contributed by atoms with Crippen LogP contribution in [0.1, 0.15) is 0 Å². The van der Waals surface area contributed by atoms with Crippen molar-refractivity contribution in [2.24, 2.45) is 0 Å². The van der Waals surface area contributed by atoms with Gasteiger partial charge in [-0.25, -0.2) is 15.0 Å². The standard InChI is InChI=1S/C40H24N4S/c1-3-10-27(11-4-1)38-42-39(28-12-5-2-6-13-28)44-40(43-38)34-24-30(23-33-31-15-7-8-16-35(31)45-37(33)34)29-20-18-25-17-19-26-14-9-21-41-36(26)32(25)22-29/h1-24H. The lowest BCUT2D eigenvalue weighted by Crippen LogP contribution is -2.00. The first-order chi connectivity index (χ1) is 22.3. The normalized spacial score (nSPS) is 11.6.